The monoisotopic (exact) mass is 273 g/mol. The number of oxime groups is 1. The predicted octanol–water partition coefficient (Wildman–Crippen LogP) is 1.55. The van der Waals surface area contributed by atoms with Crippen LogP contribution in [0.5, 0.6) is 0 Å². The van der Waals surface area contributed by atoms with Crippen molar-refractivity contribution in [2.24, 2.45) is 16.8 Å². The standard InChI is InChI=1S/C12H23N3O2S/c1-3-5-8(11(13)15-17)12(16)14-9-6-4-7-10(9)18-2/h8-10,17H,3-7H2,1-2H3,(H2,13,15)(H,14,16). The smallest absolute Gasteiger partial charge is 0.231 e. The van der Waals surface area contributed by atoms with Gasteiger partial charge in [-0.2, -0.15) is 11.8 Å². The van der Waals surface area contributed by atoms with Gasteiger partial charge in [0.1, 0.15) is 0 Å². The van der Waals surface area contributed by atoms with Crippen LogP contribution in [0.15, 0.2) is 5.16 Å². The maximum Gasteiger partial charge on any atom is 0.231 e. The third kappa shape index (κ3) is 3.80. The summed E-state index contributed by atoms with van der Waals surface area (Å²) in [4.78, 5) is 12.2. The Bertz CT molecular complexity index is 310. The normalized spacial score (nSPS) is 26.0. The number of carbonyl (C=O) groups excluding carboxylic acids is 1. The predicted molar refractivity (Wildman–Crippen MR) is 74.9 cm³/mol. The number of amidine groups is 1. The molecule has 104 valence electrons. The van der Waals surface area contributed by atoms with Crippen molar-refractivity contribution < 1.29 is 10.0 Å². The van der Waals surface area contributed by atoms with Crippen molar-refractivity contribution >= 4 is 23.5 Å². The molecule has 1 saturated carbocycles. The van der Waals surface area contributed by atoms with E-state index in [2.05, 4.69) is 16.7 Å². The van der Waals surface area contributed by atoms with Crippen LogP contribution in [0.3, 0.4) is 0 Å². The number of thioether (sulfide) groups is 1. The average molecular weight is 273 g/mol. The van der Waals surface area contributed by atoms with Crippen molar-refractivity contribution in [3.05, 3.63) is 0 Å². The van der Waals surface area contributed by atoms with Crippen LogP contribution in [0.25, 0.3) is 0 Å². The lowest BCUT2D eigenvalue weighted by atomic mass is 10.0. The number of carbonyl (C=O) groups is 1. The Morgan fingerprint density at radius 3 is 2.89 bits per heavy atom. The number of amides is 1. The van der Waals surface area contributed by atoms with Crippen molar-refractivity contribution in [3.63, 3.8) is 0 Å². The lowest BCUT2D eigenvalue weighted by molar-refractivity contribution is -0.123. The third-order valence-corrected chi connectivity index (χ3v) is 4.62. The molecule has 0 aromatic carbocycles. The zero-order valence-electron chi connectivity index (χ0n) is 11.1. The van der Waals surface area contributed by atoms with Crippen molar-refractivity contribution in [1.82, 2.24) is 5.32 Å². The second kappa shape index (κ2) is 7.51. The fraction of sp³-hybridized carbons (Fsp3) is 0.833. The summed E-state index contributed by atoms with van der Waals surface area (Å²) in [5.74, 6) is -0.616. The Kier molecular flexibility index (Phi) is 6.32. The van der Waals surface area contributed by atoms with E-state index in [4.69, 9.17) is 10.9 Å². The zero-order chi connectivity index (χ0) is 13.5. The lowest BCUT2D eigenvalue weighted by Crippen LogP contribution is -2.45. The summed E-state index contributed by atoms with van der Waals surface area (Å²) in [6.07, 6.45) is 6.82. The molecular formula is C12H23N3O2S. The van der Waals surface area contributed by atoms with E-state index in [1.54, 1.807) is 11.8 Å². The molecule has 1 aliphatic rings. The molecular weight excluding hydrogens is 250 g/mol. The van der Waals surface area contributed by atoms with Gasteiger partial charge in [0, 0.05) is 11.3 Å². The zero-order valence-corrected chi connectivity index (χ0v) is 11.9. The minimum atomic E-state index is -0.511. The van der Waals surface area contributed by atoms with Crippen LogP contribution in [-0.2, 0) is 4.79 Å². The Morgan fingerprint density at radius 2 is 2.33 bits per heavy atom. The van der Waals surface area contributed by atoms with Gasteiger partial charge in [-0.25, -0.2) is 0 Å². The molecule has 0 radical (unpaired) electrons. The molecule has 0 aromatic rings. The van der Waals surface area contributed by atoms with E-state index < -0.39 is 5.92 Å². The van der Waals surface area contributed by atoms with Gasteiger partial charge >= 0.3 is 0 Å². The lowest BCUT2D eigenvalue weighted by Gasteiger charge is -2.22. The Balaban J connectivity index is 2.61. The van der Waals surface area contributed by atoms with Crippen LogP contribution < -0.4 is 11.1 Å². The molecule has 0 bridgehead atoms. The molecule has 3 atom stereocenters. The number of hydrogen-bond donors (Lipinski definition) is 3. The van der Waals surface area contributed by atoms with Gasteiger partial charge in [0.25, 0.3) is 0 Å². The van der Waals surface area contributed by atoms with E-state index >= 15 is 0 Å². The first-order chi connectivity index (χ1) is 8.63. The molecule has 1 fully saturated rings. The molecule has 1 amide bonds. The van der Waals surface area contributed by atoms with Gasteiger partial charge in [-0.15, -0.1) is 0 Å². The molecule has 1 rings (SSSR count). The van der Waals surface area contributed by atoms with Crippen LogP contribution in [0.2, 0.25) is 0 Å². The molecule has 0 heterocycles. The van der Waals surface area contributed by atoms with Gasteiger partial charge in [0.15, 0.2) is 5.84 Å². The Hall–Kier alpha value is -0.910. The van der Waals surface area contributed by atoms with Crippen LogP contribution in [0.4, 0.5) is 0 Å². The summed E-state index contributed by atoms with van der Waals surface area (Å²) < 4.78 is 0. The van der Waals surface area contributed by atoms with E-state index in [-0.39, 0.29) is 17.8 Å². The van der Waals surface area contributed by atoms with Gasteiger partial charge < -0.3 is 16.3 Å². The first-order valence-corrected chi connectivity index (χ1v) is 7.73. The fourth-order valence-electron chi connectivity index (χ4n) is 2.43. The fourth-order valence-corrected chi connectivity index (χ4v) is 3.36. The largest absolute Gasteiger partial charge is 0.409 e. The minimum Gasteiger partial charge on any atom is -0.409 e. The number of nitrogens with two attached hydrogens (primary N) is 1. The van der Waals surface area contributed by atoms with Crippen molar-refractivity contribution in [2.45, 2.75) is 50.3 Å². The number of hydrogen-bond acceptors (Lipinski definition) is 4. The molecule has 6 heteroatoms. The second-order valence-corrected chi connectivity index (χ2v) is 5.76. The number of rotatable bonds is 6. The first-order valence-electron chi connectivity index (χ1n) is 6.44. The molecule has 0 aliphatic heterocycles. The molecule has 0 saturated heterocycles. The average Bonchev–Trinajstić information content (AvgIpc) is 2.82. The maximum atomic E-state index is 12.2. The molecule has 0 aromatic heterocycles. The van der Waals surface area contributed by atoms with Crippen molar-refractivity contribution in [2.75, 3.05) is 6.26 Å². The van der Waals surface area contributed by atoms with E-state index in [1.807, 2.05) is 6.92 Å². The Morgan fingerprint density at radius 1 is 1.61 bits per heavy atom. The summed E-state index contributed by atoms with van der Waals surface area (Å²) in [6, 6.07) is 0.221. The van der Waals surface area contributed by atoms with Crippen LogP contribution >= 0.6 is 11.8 Å². The highest BCUT2D eigenvalue weighted by Crippen LogP contribution is 2.28. The molecule has 0 spiro atoms. The van der Waals surface area contributed by atoms with Crippen LogP contribution in [0.1, 0.15) is 39.0 Å². The SMILES string of the molecule is CCCC(C(=O)NC1CCCC1SC)C(N)=NO. The van der Waals surface area contributed by atoms with Gasteiger partial charge in [-0.1, -0.05) is 24.9 Å². The first kappa shape index (κ1) is 15.1. The summed E-state index contributed by atoms with van der Waals surface area (Å²) in [6.45, 7) is 1.98. The second-order valence-electron chi connectivity index (χ2n) is 4.69. The van der Waals surface area contributed by atoms with Gasteiger partial charge in [-0.05, 0) is 25.5 Å². The minimum absolute atomic E-state index is 0.00745. The highest BCUT2D eigenvalue weighted by molar-refractivity contribution is 7.99. The highest BCUT2D eigenvalue weighted by atomic mass is 32.2. The topological polar surface area (TPSA) is 87.7 Å². The Labute approximate surface area is 113 Å². The van der Waals surface area contributed by atoms with E-state index in [0.717, 1.165) is 25.7 Å². The number of nitrogens with one attached hydrogen (secondary N) is 1. The molecule has 4 N–H and O–H groups in total. The third-order valence-electron chi connectivity index (χ3n) is 3.45. The van der Waals surface area contributed by atoms with E-state index in [1.165, 1.54) is 0 Å². The van der Waals surface area contributed by atoms with Gasteiger partial charge in [0.05, 0.1) is 5.92 Å². The van der Waals surface area contributed by atoms with Crippen LogP contribution in [0, 0.1) is 5.92 Å². The van der Waals surface area contributed by atoms with Crippen LogP contribution in [-0.4, -0.2) is 34.5 Å². The van der Waals surface area contributed by atoms with Gasteiger partial charge in [0.2, 0.25) is 5.91 Å². The van der Waals surface area contributed by atoms with E-state index in [9.17, 15) is 4.79 Å². The summed E-state index contributed by atoms with van der Waals surface area (Å²) >= 11 is 1.80. The molecule has 3 unspecified atom stereocenters. The summed E-state index contributed by atoms with van der Waals surface area (Å²) in [5.41, 5.74) is 5.58. The maximum absolute atomic E-state index is 12.2. The van der Waals surface area contributed by atoms with Gasteiger partial charge in [-0.3, -0.25) is 4.79 Å². The molecule has 1 aliphatic carbocycles. The molecule has 5 nitrogen and oxygen atoms in total. The van der Waals surface area contributed by atoms with E-state index in [0.29, 0.717) is 11.7 Å². The number of nitrogens with zero attached hydrogens (tertiary/aromatic N) is 1. The quantitative estimate of drug-likeness (QED) is 0.296. The highest BCUT2D eigenvalue weighted by Gasteiger charge is 2.31. The summed E-state index contributed by atoms with van der Waals surface area (Å²) in [7, 11) is 0. The van der Waals surface area contributed by atoms with Crippen molar-refractivity contribution in [1.29, 1.82) is 0 Å². The molecule has 18 heavy (non-hydrogen) atoms. The van der Waals surface area contributed by atoms with Crippen molar-refractivity contribution in [3.8, 4) is 0 Å². The summed E-state index contributed by atoms with van der Waals surface area (Å²) in [5, 5.41) is 15.2.